The smallest absolute Gasteiger partial charge is 0.375 e. The zero-order chi connectivity index (χ0) is 19.4. The van der Waals surface area contributed by atoms with Crippen LogP contribution < -0.4 is 9.47 Å². The zero-order valence-corrected chi connectivity index (χ0v) is 15.4. The van der Waals surface area contributed by atoms with Crippen LogP contribution in [0.25, 0.3) is 0 Å². The van der Waals surface area contributed by atoms with Crippen LogP contribution in [0, 0.1) is 0 Å². The van der Waals surface area contributed by atoms with E-state index in [0.29, 0.717) is 28.5 Å². The van der Waals surface area contributed by atoms with Gasteiger partial charge in [-0.15, -0.1) is 0 Å². The number of carbonyl (C=O) groups excluding carboxylic acids is 3. The fourth-order valence-electron chi connectivity index (χ4n) is 2.70. The highest BCUT2D eigenvalue weighted by Gasteiger charge is 2.20. The SMILES string of the molecule is CCOC(=O)C(=O)CC(=O)c1cccc(Cc2cc3c(cc2Cl)OCO3)c1. The third kappa shape index (κ3) is 4.46. The van der Waals surface area contributed by atoms with Gasteiger partial charge in [0.1, 0.15) is 0 Å². The van der Waals surface area contributed by atoms with Gasteiger partial charge in [-0.2, -0.15) is 0 Å². The van der Waals surface area contributed by atoms with E-state index in [9.17, 15) is 14.4 Å². The number of ether oxygens (including phenoxy) is 3. The van der Waals surface area contributed by atoms with Crippen LogP contribution in [-0.2, 0) is 20.7 Å². The lowest BCUT2D eigenvalue weighted by Crippen LogP contribution is -2.20. The van der Waals surface area contributed by atoms with Gasteiger partial charge in [-0.25, -0.2) is 4.79 Å². The minimum Gasteiger partial charge on any atom is -0.460 e. The van der Waals surface area contributed by atoms with Crippen LogP contribution in [0.4, 0.5) is 0 Å². The number of rotatable bonds is 7. The fraction of sp³-hybridized carbons (Fsp3) is 0.250. The molecule has 0 radical (unpaired) electrons. The molecule has 0 aromatic heterocycles. The first-order chi connectivity index (χ1) is 13.0. The van der Waals surface area contributed by atoms with Crippen LogP contribution in [0.3, 0.4) is 0 Å². The first-order valence-corrected chi connectivity index (χ1v) is 8.76. The van der Waals surface area contributed by atoms with Gasteiger partial charge in [0.2, 0.25) is 12.6 Å². The molecule has 0 amide bonds. The number of hydrogen-bond donors (Lipinski definition) is 0. The Morgan fingerprint density at radius 1 is 1.11 bits per heavy atom. The van der Waals surface area contributed by atoms with Crippen molar-refractivity contribution in [2.24, 2.45) is 0 Å². The summed E-state index contributed by atoms with van der Waals surface area (Å²) in [5.74, 6) is -1.06. The number of benzene rings is 2. The van der Waals surface area contributed by atoms with E-state index in [1.807, 2.05) is 12.1 Å². The Hall–Kier alpha value is -2.86. The first kappa shape index (κ1) is 18.9. The quantitative estimate of drug-likeness (QED) is 0.313. The van der Waals surface area contributed by atoms with Gasteiger partial charge in [0.15, 0.2) is 17.3 Å². The molecular formula is C20H17ClO6. The van der Waals surface area contributed by atoms with E-state index in [1.165, 1.54) is 0 Å². The summed E-state index contributed by atoms with van der Waals surface area (Å²) in [6.45, 7) is 1.84. The molecule has 0 atom stereocenters. The van der Waals surface area contributed by atoms with Crippen molar-refractivity contribution in [2.75, 3.05) is 13.4 Å². The highest BCUT2D eigenvalue weighted by Crippen LogP contribution is 2.37. The monoisotopic (exact) mass is 388 g/mol. The van der Waals surface area contributed by atoms with Gasteiger partial charge in [0.05, 0.1) is 13.0 Å². The van der Waals surface area contributed by atoms with Crippen molar-refractivity contribution in [1.29, 1.82) is 0 Å². The molecule has 0 unspecified atom stereocenters. The summed E-state index contributed by atoms with van der Waals surface area (Å²) in [6.07, 6.45) is -0.0461. The number of Topliss-reactive ketones (excluding diaryl/α,β-unsaturated/α-hetero) is 2. The third-order valence-electron chi connectivity index (χ3n) is 4.01. The average molecular weight is 389 g/mol. The molecule has 1 aliphatic heterocycles. The van der Waals surface area contributed by atoms with Crippen molar-refractivity contribution in [1.82, 2.24) is 0 Å². The maximum absolute atomic E-state index is 12.3. The Balaban J connectivity index is 1.73. The molecule has 0 fully saturated rings. The molecule has 7 heteroatoms. The van der Waals surface area contributed by atoms with Gasteiger partial charge in [0, 0.05) is 16.7 Å². The molecule has 0 saturated carbocycles. The Labute approximate surface area is 161 Å². The van der Waals surface area contributed by atoms with Crippen molar-refractivity contribution < 1.29 is 28.6 Å². The molecule has 0 spiro atoms. The predicted octanol–water partition coefficient (Wildman–Crippen LogP) is 3.36. The van der Waals surface area contributed by atoms with E-state index in [0.717, 1.165) is 11.1 Å². The standard InChI is InChI=1S/C20H17ClO6/c1-2-25-20(24)17(23)10-16(22)13-5-3-4-12(6-13)7-14-8-18-19(9-15(14)21)27-11-26-18/h3-6,8-9H,2,7,10-11H2,1H3. The topological polar surface area (TPSA) is 78.9 Å². The van der Waals surface area contributed by atoms with Crippen LogP contribution in [0.5, 0.6) is 11.5 Å². The van der Waals surface area contributed by atoms with E-state index in [2.05, 4.69) is 4.74 Å². The summed E-state index contributed by atoms with van der Waals surface area (Å²) in [5, 5.41) is 0.536. The molecule has 1 aliphatic rings. The van der Waals surface area contributed by atoms with Gasteiger partial charge >= 0.3 is 5.97 Å². The summed E-state index contributed by atoms with van der Waals surface area (Å²) < 4.78 is 15.3. The minimum absolute atomic E-state index is 0.0878. The molecule has 140 valence electrons. The molecule has 2 aromatic carbocycles. The second-order valence-electron chi connectivity index (χ2n) is 5.92. The molecule has 3 rings (SSSR count). The van der Waals surface area contributed by atoms with Crippen LogP contribution in [0.2, 0.25) is 5.02 Å². The van der Waals surface area contributed by atoms with Gasteiger partial charge in [-0.05, 0) is 36.6 Å². The number of esters is 1. The number of fused-ring (bicyclic) bond motifs is 1. The van der Waals surface area contributed by atoms with E-state index in [-0.39, 0.29) is 13.4 Å². The van der Waals surface area contributed by atoms with Gasteiger partial charge in [-0.3, -0.25) is 9.59 Å². The maximum Gasteiger partial charge on any atom is 0.375 e. The molecule has 0 N–H and O–H groups in total. The summed E-state index contributed by atoms with van der Waals surface area (Å²) in [7, 11) is 0. The Morgan fingerprint density at radius 2 is 1.85 bits per heavy atom. The van der Waals surface area contributed by atoms with E-state index in [4.69, 9.17) is 21.1 Å². The maximum atomic E-state index is 12.3. The molecule has 27 heavy (non-hydrogen) atoms. The number of halogens is 1. The summed E-state index contributed by atoms with van der Waals surface area (Å²) in [5.41, 5.74) is 2.01. The van der Waals surface area contributed by atoms with Crippen molar-refractivity contribution in [3.63, 3.8) is 0 Å². The zero-order valence-electron chi connectivity index (χ0n) is 14.6. The fourth-order valence-corrected chi connectivity index (χ4v) is 2.92. The normalized spacial score (nSPS) is 11.9. The average Bonchev–Trinajstić information content (AvgIpc) is 3.09. The van der Waals surface area contributed by atoms with Crippen LogP contribution in [-0.4, -0.2) is 30.9 Å². The third-order valence-corrected chi connectivity index (χ3v) is 4.36. The lowest BCUT2D eigenvalue weighted by molar-refractivity contribution is -0.153. The second-order valence-corrected chi connectivity index (χ2v) is 6.32. The molecule has 2 aromatic rings. The highest BCUT2D eigenvalue weighted by molar-refractivity contribution is 6.38. The van der Waals surface area contributed by atoms with E-state index in [1.54, 1.807) is 31.2 Å². The van der Waals surface area contributed by atoms with E-state index < -0.39 is 24.0 Å². The number of hydrogen-bond acceptors (Lipinski definition) is 6. The Kier molecular flexibility index (Phi) is 5.76. The highest BCUT2D eigenvalue weighted by atomic mass is 35.5. The Bertz CT molecular complexity index is 905. The van der Waals surface area contributed by atoms with Crippen molar-refractivity contribution in [2.45, 2.75) is 19.8 Å². The largest absolute Gasteiger partial charge is 0.460 e. The number of carbonyl (C=O) groups is 3. The predicted molar refractivity (Wildman–Crippen MR) is 97.4 cm³/mol. The summed E-state index contributed by atoms with van der Waals surface area (Å²) in [4.78, 5) is 35.4. The lowest BCUT2D eigenvalue weighted by Gasteiger charge is -2.08. The van der Waals surface area contributed by atoms with Crippen LogP contribution >= 0.6 is 11.6 Å². The molecule has 0 aliphatic carbocycles. The molecule has 0 saturated heterocycles. The van der Waals surface area contributed by atoms with E-state index >= 15 is 0 Å². The van der Waals surface area contributed by atoms with Crippen molar-refractivity contribution >= 4 is 29.1 Å². The summed E-state index contributed by atoms with van der Waals surface area (Å²) in [6, 6.07) is 10.4. The van der Waals surface area contributed by atoms with Crippen molar-refractivity contribution in [3.05, 3.63) is 58.1 Å². The molecule has 1 heterocycles. The molecular weight excluding hydrogens is 372 g/mol. The Morgan fingerprint density at radius 3 is 2.59 bits per heavy atom. The van der Waals surface area contributed by atoms with Crippen LogP contribution in [0.1, 0.15) is 34.8 Å². The van der Waals surface area contributed by atoms with Gasteiger partial charge in [-0.1, -0.05) is 29.8 Å². The van der Waals surface area contributed by atoms with Gasteiger partial charge < -0.3 is 14.2 Å². The minimum atomic E-state index is -0.992. The molecule has 6 nitrogen and oxygen atoms in total. The van der Waals surface area contributed by atoms with Gasteiger partial charge in [0.25, 0.3) is 0 Å². The first-order valence-electron chi connectivity index (χ1n) is 8.38. The molecule has 0 bridgehead atoms. The second kappa shape index (κ2) is 8.22. The van der Waals surface area contributed by atoms with Crippen LogP contribution in [0.15, 0.2) is 36.4 Å². The lowest BCUT2D eigenvalue weighted by atomic mass is 9.99. The number of ketones is 2. The summed E-state index contributed by atoms with van der Waals surface area (Å²) >= 11 is 6.29. The van der Waals surface area contributed by atoms with Crippen molar-refractivity contribution in [3.8, 4) is 11.5 Å².